The number of amides is 1. The van der Waals surface area contributed by atoms with Crippen LogP contribution in [0, 0.1) is 11.6 Å². The van der Waals surface area contributed by atoms with Crippen molar-refractivity contribution in [1.82, 2.24) is 19.9 Å². The van der Waals surface area contributed by atoms with Gasteiger partial charge in [0.05, 0.1) is 18.1 Å². The number of carbonyl (C=O) groups is 1. The Morgan fingerprint density at radius 1 is 1.09 bits per heavy atom. The van der Waals surface area contributed by atoms with Crippen molar-refractivity contribution in [2.24, 2.45) is 0 Å². The Morgan fingerprint density at radius 3 is 2.63 bits per heavy atom. The molecule has 0 aliphatic carbocycles. The predicted octanol–water partition coefficient (Wildman–Crippen LogP) is 5.37. The van der Waals surface area contributed by atoms with E-state index in [1.54, 1.807) is 11.2 Å². The first kappa shape index (κ1) is 24.8. The molecule has 1 atom stereocenters. The molecule has 1 aliphatic heterocycles. The number of imidazole rings is 1. The summed E-state index contributed by atoms with van der Waals surface area (Å²) in [5, 5.41) is 3.34. The SMILES string of the molecule is CC1COc2c(ccc(F)c2F)N1C(=O)CCCCCCCCCCNc1ncnc2nc[nH]c12. The molecular formula is C25H32F2N6O2. The average molecular weight is 487 g/mol. The molecular weight excluding hydrogens is 454 g/mol. The molecule has 2 N–H and O–H groups in total. The van der Waals surface area contributed by atoms with Crippen LogP contribution in [-0.2, 0) is 4.79 Å². The maximum Gasteiger partial charge on any atom is 0.227 e. The molecule has 4 rings (SSSR count). The molecule has 188 valence electrons. The second-order valence-corrected chi connectivity index (χ2v) is 8.96. The van der Waals surface area contributed by atoms with Gasteiger partial charge < -0.3 is 19.9 Å². The molecule has 8 nitrogen and oxygen atoms in total. The lowest BCUT2D eigenvalue weighted by molar-refractivity contribution is -0.119. The summed E-state index contributed by atoms with van der Waals surface area (Å²) in [5.41, 5.74) is 1.81. The van der Waals surface area contributed by atoms with Crippen molar-refractivity contribution >= 4 is 28.6 Å². The van der Waals surface area contributed by atoms with Gasteiger partial charge in [0, 0.05) is 13.0 Å². The maximum absolute atomic E-state index is 14.0. The lowest BCUT2D eigenvalue weighted by atomic mass is 10.1. The maximum atomic E-state index is 14.0. The number of H-pyrrole nitrogens is 1. The molecule has 1 aromatic carbocycles. The summed E-state index contributed by atoms with van der Waals surface area (Å²) in [4.78, 5) is 29.9. The van der Waals surface area contributed by atoms with E-state index in [1.807, 2.05) is 6.92 Å². The third kappa shape index (κ3) is 6.04. The van der Waals surface area contributed by atoms with Crippen molar-refractivity contribution in [3.05, 3.63) is 36.4 Å². The highest BCUT2D eigenvalue weighted by molar-refractivity contribution is 5.96. The highest BCUT2D eigenvalue weighted by Crippen LogP contribution is 2.37. The minimum Gasteiger partial charge on any atom is -0.486 e. The zero-order chi connectivity index (χ0) is 24.6. The number of nitrogens with zero attached hydrogens (tertiary/aromatic N) is 4. The Balaban J connectivity index is 1.07. The topological polar surface area (TPSA) is 96.0 Å². The van der Waals surface area contributed by atoms with Crippen LogP contribution in [0.5, 0.6) is 5.75 Å². The zero-order valence-corrected chi connectivity index (χ0v) is 20.0. The Morgan fingerprint density at radius 2 is 1.83 bits per heavy atom. The Kier molecular flexibility index (Phi) is 8.44. The minimum absolute atomic E-state index is 0.0725. The molecule has 0 spiro atoms. The second kappa shape index (κ2) is 11.9. The van der Waals surface area contributed by atoms with Crippen LogP contribution in [0.2, 0.25) is 0 Å². The first-order valence-electron chi connectivity index (χ1n) is 12.4. The predicted molar refractivity (Wildman–Crippen MR) is 131 cm³/mol. The van der Waals surface area contributed by atoms with Gasteiger partial charge in [-0.15, -0.1) is 0 Å². The van der Waals surface area contributed by atoms with Gasteiger partial charge in [0.1, 0.15) is 18.5 Å². The number of nitrogens with one attached hydrogen (secondary N) is 2. The Bertz CT molecular complexity index is 1140. The van der Waals surface area contributed by atoms with E-state index >= 15 is 0 Å². The molecule has 2 aromatic heterocycles. The van der Waals surface area contributed by atoms with Crippen LogP contribution < -0.4 is 15.0 Å². The monoisotopic (exact) mass is 486 g/mol. The lowest BCUT2D eigenvalue weighted by Gasteiger charge is -2.35. The van der Waals surface area contributed by atoms with Gasteiger partial charge in [-0.1, -0.05) is 38.5 Å². The minimum atomic E-state index is -1.04. The van der Waals surface area contributed by atoms with E-state index in [0.29, 0.717) is 17.8 Å². The van der Waals surface area contributed by atoms with E-state index in [-0.39, 0.29) is 24.3 Å². The van der Waals surface area contributed by atoms with Crippen LogP contribution in [0.3, 0.4) is 0 Å². The van der Waals surface area contributed by atoms with Gasteiger partial charge in [0.25, 0.3) is 0 Å². The van der Waals surface area contributed by atoms with E-state index < -0.39 is 11.6 Å². The fourth-order valence-electron chi connectivity index (χ4n) is 4.43. The zero-order valence-electron chi connectivity index (χ0n) is 20.0. The summed E-state index contributed by atoms with van der Waals surface area (Å²) < 4.78 is 32.9. The van der Waals surface area contributed by atoms with Crippen molar-refractivity contribution in [2.45, 2.75) is 70.8 Å². The van der Waals surface area contributed by atoms with E-state index in [4.69, 9.17) is 4.74 Å². The van der Waals surface area contributed by atoms with Crippen molar-refractivity contribution in [2.75, 3.05) is 23.4 Å². The lowest BCUT2D eigenvalue weighted by Crippen LogP contribution is -2.45. The first-order valence-corrected chi connectivity index (χ1v) is 12.4. The van der Waals surface area contributed by atoms with Gasteiger partial charge in [-0.2, -0.15) is 4.39 Å². The molecule has 0 bridgehead atoms. The molecule has 0 saturated carbocycles. The first-order chi connectivity index (χ1) is 17.1. The van der Waals surface area contributed by atoms with Gasteiger partial charge in [0.2, 0.25) is 11.7 Å². The van der Waals surface area contributed by atoms with Crippen LogP contribution in [0.1, 0.15) is 64.7 Å². The number of halogens is 2. The fourth-order valence-corrected chi connectivity index (χ4v) is 4.43. The van der Waals surface area contributed by atoms with Gasteiger partial charge in [-0.25, -0.2) is 19.3 Å². The normalized spacial score (nSPS) is 15.2. The van der Waals surface area contributed by atoms with Crippen LogP contribution >= 0.6 is 0 Å². The molecule has 1 unspecified atom stereocenters. The van der Waals surface area contributed by atoms with Gasteiger partial charge >= 0.3 is 0 Å². The Labute approximate surface area is 203 Å². The number of carbonyl (C=O) groups excluding carboxylic acids is 1. The smallest absolute Gasteiger partial charge is 0.227 e. The molecule has 0 radical (unpaired) electrons. The van der Waals surface area contributed by atoms with Crippen LogP contribution in [-0.4, -0.2) is 45.0 Å². The fraction of sp³-hybridized carbons (Fsp3) is 0.520. The molecule has 0 saturated heterocycles. The van der Waals surface area contributed by atoms with Crippen LogP contribution in [0.25, 0.3) is 11.2 Å². The summed E-state index contributed by atoms with van der Waals surface area (Å²) in [6.07, 6.45) is 12.1. The third-order valence-electron chi connectivity index (χ3n) is 6.30. The van der Waals surface area contributed by atoms with E-state index in [2.05, 4.69) is 25.3 Å². The molecule has 1 aliphatic rings. The highest BCUT2D eigenvalue weighted by Gasteiger charge is 2.32. The van der Waals surface area contributed by atoms with Crippen molar-refractivity contribution in [3.8, 4) is 5.75 Å². The number of aromatic nitrogens is 4. The number of rotatable bonds is 12. The number of hydrogen-bond donors (Lipinski definition) is 2. The summed E-state index contributed by atoms with van der Waals surface area (Å²) in [6, 6.07) is 2.25. The number of aromatic amines is 1. The standard InChI is InChI=1S/C25H32F2N6O2/c1-17-14-35-23-19(12-11-18(26)21(23)27)33(17)20(34)10-8-6-4-2-3-5-7-9-13-28-24-22-25(30-15-29-22)32-16-31-24/h11-12,15-17H,2-10,13-14H2,1H3,(H2,28,29,30,31,32). The van der Waals surface area contributed by atoms with Crippen molar-refractivity contribution in [1.29, 1.82) is 0 Å². The van der Waals surface area contributed by atoms with Crippen molar-refractivity contribution in [3.63, 3.8) is 0 Å². The number of unbranched alkanes of at least 4 members (excludes halogenated alkanes) is 7. The molecule has 1 amide bonds. The quantitative estimate of drug-likeness (QED) is 0.334. The number of benzene rings is 1. The van der Waals surface area contributed by atoms with Gasteiger partial charge in [-0.3, -0.25) is 4.79 Å². The molecule has 3 heterocycles. The largest absolute Gasteiger partial charge is 0.486 e. The van der Waals surface area contributed by atoms with E-state index in [0.717, 1.165) is 62.5 Å². The summed E-state index contributed by atoms with van der Waals surface area (Å²) in [7, 11) is 0. The second-order valence-electron chi connectivity index (χ2n) is 8.96. The molecule has 10 heteroatoms. The van der Waals surface area contributed by atoms with Gasteiger partial charge in [-0.05, 0) is 31.9 Å². The van der Waals surface area contributed by atoms with Crippen LogP contribution in [0.4, 0.5) is 20.3 Å². The molecule has 0 fully saturated rings. The number of anilines is 2. The van der Waals surface area contributed by atoms with Crippen molar-refractivity contribution < 1.29 is 18.3 Å². The number of hydrogen-bond acceptors (Lipinski definition) is 6. The summed E-state index contributed by atoms with van der Waals surface area (Å²) in [5.74, 6) is -1.46. The highest BCUT2D eigenvalue weighted by atomic mass is 19.2. The average Bonchev–Trinajstić information content (AvgIpc) is 3.34. The van der Waals surface area contributed by atoms with Gasteiger partial charge in [0.15, 0.2) is 23.0 Å². The van der Waals surface area contributed by atoms with E-state index in [1.165, 1.54) is 25.2 Å². The molecule has 35 heavy (non-hydrogen) atoms. The van der Waals surface area contributed by atoms with E-state index in [9.17, 15) is 13.6 Å². The summed E-state index contributed by atoms with van der Waals surface area (Å²) in [6.45, 7) is 2.86. The van der Waals surface area contributed by atoms with Crippen LogP contribution in [0.15, 0.2) is 24.8 Å². The summed E-state index contributed by atoms with van der Waals surface area (Å²) >= 11 is 0. The Hall–Kier alpha value is -3.30. The number of fused-ring (bicyclic) bond motifs is 2. The third-order valence-corrected chi connectivity index (χ3v) is 6.30. The number of ether oxygens (including phenoxy) is 1. The molecule has 3 aromatic rings.